The number of amidine groups is 1. The Morgan fingerprint density at radius 1 is 1.19 bits per heavy atom. The number of nitrogens with zero attached hydrogens (tertiary/aromatic N) is 3. The summed E-state index contributed by atoms with van der Waals surface area (Å²) in [6.07, 6.45) is 2.02. The van der Waals surface area contributed by atoms with E-state index in [2.05, 4.69) is 34.3 Å². The van der Waals surface area contributed by atoms with E-state index in [4.69, 9.17) is 11.1 Å². The average molecular weight is 283 g/mol. The molecule has 0 saturated carbocycles. The first-order chi connectivity index (χ1) is 10.1. The summed E-state index contributed by atoms with van der Waals surface area (Å²) in [6.45, 7) is 3.76. The van der Waals surface area contributed by atoms with Crippen LogP contribution in [0.4, 0.5) is 5.82 Å². The summed E-state index contributed by atoms with van der Waals surface area (Å²) in [5.41, 5.74) is 10.2. The number of nitrogens with one attached hydrogen (secondary N) is 1. The van der Waals surface area contributed by atoms with Crippen LogP contribution in [-0.4, -0.2) is 28.7 Å². The van der Waals surface area contributed by atoms with Gasteiger partial charge >= 0.3 is 0 Å². The smallest absolute Gasteiger partial charge is 0.137 e. The van der Waals surface area contributed by atoms with Crippen LogP contribution >= 0.6 is 0 Å². The van der Waals surface area contributed by atoms with Crippen LogP contribution in [0.3, 0.4) is 0 Å². The lowest BCUT2D eigenvalue weighted by molar-refractivity contribution is 0.700. The van der Waals surface area contributed by atoms with Crippen molar-refractivity contribution in [1.82, 2.24) is 9.78 Å². The third kappa shape index (κ3) is 2.39. The Hall–Kier alpha value is -2.30. The van der Waals surface area contributed by atoms with Gasteiger partial charge in [-0.1, -0.05) is 24.3 Å². The Morgan fingerprint density at radius 3 is 2.29 bits per heavy atom. The third-order valence-electron chi connectivity index (χ3n) is 4.18. The van der Waals surface area contributed by atoms with Crippen molar-refractivity contribution in [3.8, 4) is 0 Å². The molecule has 1 aromatic carbocycles. The molecule has 21 heavy (non-hydrogen) atoms. The van der Waals surface area contributed by atoms with Crippen molar-refractivity contribution in [2.24, 2.45) is 12.8 Å². The highest BCUT2D eigenvalue weighted by Gasteiger charge is 2.23. The number of nitrogens with two attached hydrogens (primary N) is 1. The maximum Gasteiger partial charge on any atom is 0.137 e. The van der Waals surface area contributed by atoms with Gasteiger partial charge < -0.3 is 10.6 Å². The largest absolute Gasteiger partial charge is 0.384 e. The Morgan fingerprint density at radius 2 is 1.76 bits per heavy atom. The summed E-state index contributed by atoms with van der Waals surface area (Å²) in [6, 6.07) is 8.62. The highest BCUT2D eigenvalue weighted by molar-refractivity contribution is 6.00. The second-order valence-electron chi connectivity index (χ2n) is 5.58. The standard InChI is InChI=1S/C16H21N5/c1-11-14(15(17)18)16(20(2)19-11)21-9-7-12-5-3-4-6-13(12)8-10-21/h3-6H,7-10H2,1-2H3,(H3,17,18). The van der Waals surface area contributed by atoms with Gasteiger partial charge in [-0.2, -0.15) is 5.10 Å². The van der Waals surface area contributed by atoms with Crippen LogP contribution in [-0.2, 0) is 19.9 Å². The van der Waals surface area contributed by atoms with Gasteiger partial charge in [-0.15, -0.1) is 0 Å². The minimum atomic E-state index is 0.0948. The van der Waals surface area contributed by atoms with Gasteiger partial charge in [0.15, 0.2) is 0 Å². The molecule has 0 bridgehead atoms. The van der Waals surface area contributed by atoms with E-state index in [-0.39, 0.29) is 5.84 Å². The van der Waals surface area contributed by atoms with Gasteiger partial charge in [0.1, 0.15) is 11.7 Å². The maximum atomic E-state index is 7.83. The van der Waals surface area contributed by atoms with E-state index in [9.17, 15) is 0 Å². The van der Waals surface area contributed by atoms with Crippen molar-refractivity contribution in [2.45, 2.75) is 19.8 Å². The number of aromatic nitrogens is 2. The molecule has 1 aliphatic rings. The Balaban J connectivity index is 1.95. The summed E-state index contributed by atoms with van der Waals surface area (Å²) in [4.78, 5) is 2.30. The van der Waals surface area contributed by atoms with Gasteiger partial charge in [0.25, 0.3) is 0 Å². The van der Waals surface area contributed by atoms with Gasteiger partial charge in [0.05, 0.1) is 11.3 Å². The lowest BCUT2D eigenvalue weighted by Crippen LogP contribution is -2.30. The maximum absolute atomic E-state index is 7.83. The van der Waals surface area contributed by atoms with Gasteiger partial charge in [-0.3, -0.25) is 10.1 Å². The van der Waals surface area contributed by atoms with Crippen molar-refractivity contribution in [3.63, 3.8) is 0 Å². The van der Waals surface area contributed by atoms with Crippen molar-refractivity contribution in [2.75, 3.05) is 18.0 Å². The van der Waals surface area contributed by atoms with E-state index < -0.39 is 0 Å². The number of anilines is 1. The SMILES string of the molecule is Cc1nn(C)c(N2CCc3ccccc3CC2)c1C(=N)N. The van der Waals surface area contributed by atoms with Crippen molar-refractivity contribution < 1.29 is 0 Å². The zero-order valence-electron chi connectivity index (χ0n) is 12.6. The molecule has 2 aromatic rings. The Labute approximate surface area is 124 Å². The minimum absolute atomic E-state index is 0.0948. The molecule has 1 aromatic heterocycles. The first kappa shape index (κ1) is 13.7. The summed E-state index contributed by atoms with van der Waals surface area (Å²) in [5.74, 6) is 1.06. The third-order valence-corrected chi connectivity index (χ3v) is 4.18. The number of rotatable bonds is 2. The number of benzene rings is 1. The molecule has 0 radical (unpaired) electrons. The van der Waals surface area contributed by atoms with Crippen molar-refractivity contribution in [3.05, 3.63) is 46.6 Å². The normalized spacial score (nSPS) is 14.7. The molecule has 3 N–H and O–H groups in total. The van der Waals surface area contributed by atoms with Crippen LogP contribution in [0.2, 0.25) is 0 Å². The first-order valence-corrected chi connectivity index (χ1v) is 7.27. The summed E-state index contributed by atoms with van der Waals surface area (Å²) in [5, 5.41) is 12.3. The van der Waals surface area contributed by atoms with Gasteiger partial charge in [-0.05, 0) is 30.9 Å². The minimum Gasteiger partial charge on any atom is -0.384 e. The zero-order chi connectivity index (χ0) is 15.0. The van der Waals surface area contributed by atoms with E-state index in [1.54, 1.807) is 0 Å². The fourth-order valence-corrected chi connectivity index (χ4v) is 3.20. The molecule has 0 fully saturated rings. The molecule has 0 amide bonds. The quantitative estimate of drug-likeness (QED) is 0.650. The summed E-state index contributed by atoms with van der Waals surface area (Å²) < 4.78 is 1.85. The van der Waals surface area contributed by atoms with Crippen LogP contribution in [0.5, 0.6) is 0 Å². The van der Waals surface area contributed by atoms with Crippen LogP contribution in [0, 0.1) is 12.3 Å². The second kappa shape index (κ2) is 5.24. The average Bonchev–Trinajstić information content (AvgIpc) is 2.63. The molecular formula is C16H21N5. The van der Waals surface area contributed by atoms with Crippen LogP contribution in [0.1, 0.15) is 22.4 Å². The van der Waals surface area contributed by atoms with Gasteiger partial charge in [0, 0.05) is 20.1 Å². The Bertz CT molecular complexity index is 659. The Kier molecular flexibility index (Phi) is 3.41. The molecule has 3 rings (SSSR count). The van der Waals surface area contributed by atoms with E-state index >= 15 is 0 Å². The fraction of sp³-hybridized carbons (Fsp3) is 0.375. The van der Waals surface area contributed by atoms with Crippen LogP contribution in [0.25, 0.3) is 0 Å². The lowest BCUT2D eigenvalue weighted by Gasteiger charge is -2.23. The number of aryl methyl sites for hydroxylation is 2. The molecule has 2 heterocycles. The zero-order valence-corrected chi connectivity index (χ0v) is 12.6. The summed E-state index contributed by atoms with van der Waals surface area (Å²) in [7, 11) is 1.92. The van der Waals surface area contributed by atoms with E-state index in [0.29, 0.717) is 0 Å². The number of fused-ring (bicyclic) bond motifs is 1. The molecule has 0 spiro atoms. The lowest BCUT2D eigenvalue weighted by atomic mass is 10.0. The molecule has 0 saturated heterocycles. The first-order valence-electron chi connectivity index (χ1n) is 7.27. The molecule has 1 aliphatic heterocycles. The van der Waals surface area contributed by atoms with Crippen LogP contribution in [0.15, 0.2) is 24.3 Å². The molecule has 110 valence electrons. The number of hydrogen-bond acceptors (Lipinski definition) is 3. The van der Waals surface area contributed by atoms with E-state index in [1.807, 2.05) is 18.7 Å². The van der Waals surface area contributed by atoms with E-state index in [1.165, 1.54) is 11.1 Å². The molecule has 5 nitrogen and oxygen atoms in total. The molecule has 0 aliphatic carbocycles. The highest BCUT2D eigenvalue weighted by atomic mass is 15.4. The van der Waals surface area contributed by atoms with E-state index in [0.717, 1.165) is 43.0 Å². The highest BCUT2D eigenvalue weighted by Crippen LogP contribution is 2.25. The second-order valence-corrected chi connectivity index (χ2v) is 5.58. The molecule has 5 heteroatoms. The van der Waals surface area contributed by atoms with Gasteiger partial charge in [-0.25, -0.2) is 0 Å². The predicted octanol–water partition coefficient (Wildman–Crippen LogP) is 1.62. The number of hydrogen-bond donors (Lipinski definition) is 2. The monoisotopic (exact) mass is 283 g/mol. The molecule has 0 atom stereocenters. The molecular weight excluding hydrogens is 262 g/mol. The fourth-order valence-electron chi connectivity index (χ4n) is 3.20. The van der Waals surface area contributed by atoms with Gasteiger partial charge in [0.2, 0.25) is 0 Å². The molecule has 0 unspecified atom stereocenters. The van der Waals surface area contributed by atoms with Crippen molar-refractivity contribution in [1.29, 1.82) is 5.41 Å². The number of nitrogen functional groups attached to an aromatic ring is 1. The van der Waals surface area contributed by atoms with Crippen LogP contribution < -0.4 is 10.6 Å². The summed E-state index contributed by atoms with van der Waals surface area (Å²) >= 11 is 0. The predicted molar refractivity (Wildman–Crippen MR) is 85.0 cm³/mol. The van der Waals surface area contributed by atoms with Crippen molar-refractivity contribution >= 4 is 11.7 Å². The topological polar surface area (TPSA) is 70.9 Å².